The lowest BCUT2D eigenvalue weighted by Gasteiger charge is -2.22. The lowest BCUT2D eigenvalue weighted by molar-refractivity contribution is -0.138. The van der Waals surface area contributed by atoms with Gasteiger partial charge in [0.15, 0.2) is 0 Å². The van der Waals surface area contributed by atoms with Crippen LogP contribution in [0.15, 0.2) is 54.2 Å². The van der Waals surface area contributed by atoms with Gasteiger partial charge in [-0.05, 0) is 42.3 Å². The molecule has 0 bridgehead atoms. The molecule has 1 aliphatic rings. The molecule has 118 valence electrons. The molecule has 0 spiro atoms. The van der Waals surface area contributed by atoms with Crippen LogP contribution in [0.5, 0.6) is 0 Å². The third kappa shape index (κ3) is 3.48. The Morgan fingerprint density at radius 2 is 1.87 bits per heavy atom. The number of ether oxygens (including phenoxy) is 1. The maximum Gasteiger partial charge on any atom is 0.354 e. The first kappa shape index (κ1) is 15.4. The second kappa shape index (κ2) is 6.75. The summed E-state index contributed by atoms with van der Waals surface area (Å²) < 4.78 is 5.14. The summed E-state index contributed by atoms with van der Waals surface area (Å²) in [6.45, 7) is 2.12. The van der Waals surface area contributed by atoms with Crippen molar-refractivity contribution in [2.24, 2.45) is 0 Å². The highest BCUT2D eigenvalue weighted by atomic mass is 35.5. The first-order valence-electron chi connectivity index (χ1n) is 7.44. The molecular formula is C18H17ClN2O2. The van der Waals surface area contributed by atoms with Crippen molar-refractivity contribution in [1.29, 1.82) is 0 Å². The van der Waals surface area contributed by atoms with E-state index in [1.54, 1.807) is 13.0 Å². The van der Waals surface area contributed by atoms with Crippen molar-refractivity contribution in [3.8, 4) is 0 Å². The molecule has 3 rings (SSSR count). The van der Waals surface area contributed by atoms with Crippen LogP contribution in [-0.4, -0.2) is 12.6 Å². The van der Waals surface area contributed by atoms with Gasteiger partial charge < -0.3 is 15.4 Å². The van der Waals surface area contributed by atoms with Crippen molar-refractivity contribution < 1.29 is 9.53 Å². The van der Waals surface area contributed by atoms with Gasteiger partial charge in [-0.2, -0.15) is 0 Å². The lowest BCUT2D eigenvalue weighted by Crippen LogP contribution is -2.30. The third-order valence-corrected chi connectivity index (χ3v) is 3.81. The van der Waals surface area contributed by atoms with Gasteiger partial charge in [0.05, 0.1) is 6.61 Å². The Morgan fingerprint density at radius 1 is 1.13 bits per heavy atom. The summed E-state index contributed by atoms with van der Waals surface area (Å²) >= 11 is 5.96. The highest BCUT2D eigenvalue weighted by Gasteiger charge is 2.22. The maximum atomic E-state index is 12.2. The summed E-state index contributed by atoms with van der Waals surface area (Å²) in [7, 11) is 0. The number of carbonyl (C=O) groups excluding carboxylic acids is 1. The fourth-order valence-corrected chi connectivity index (χ4v) is 2.57. The van der Waals surface area contributed by atoms with Crippen molar-refractivity contribution in [2.75, 3.05) is 11.9 Å². The van der Waals surface area contributed by atoms with E-state index in [1.807, 2.05) is 48.5 Å². The van der Waals surface area contributed by atoms with Crippen molar-refractivity contribution in [1.82, 2.24) is 5.32 Å². The number of para-hydroxylation sites is 1. The standard InChI is InChI=1S/C18H17ClN2O2/c1-2-23-18(22)16-11-13-5-3-4-6-15(13)20-17(21-16)12-7-9-14(19)10-8-12/h3-11,17,20-21H,2H2,1H3. The fraction of sp³-hybridized carbons (Fsp3) is 0.167. The second-order valence-electron chi connectivity index (χ2n) is 5.14. The SMILES string of the molecule is CCOC(=O)C1=Cc2ccccc2NC(c2ccc(Cl)cc2)N1. The van der Waals surface area contributed by atoms with Gasteiger partial charge in [-0.15, -0.1) is 0 Å². The number of esters is 1. The van der Waals surface area contributed by atoms with Crippen molar-refractivity contribution in [3.05, 3.63) is 70.4 Å². The molecule has 0 aromatic heterocycles. The quantitative estimate of drug-likeness (QED) is 0.837. The molecule has 0 amide bonds. The predicted octanol–water partition coefficient (Wildman–Crippen LogP) is 3.96. The van der Waals surface area contributed by atoms with E-state index in [2.05, 4.69) is 10.6 Å². The van der Waals surface area contributed by atoms with Crippen LogP contribution in [0.2, 0.25) is 5.02 Å². The molecule has 2 N–H and O–H groups in total. The summed E-state index contributed by atoms with van der Waals surface area (Å²) in [5.41, 5.74) is 3.27. The summed E-state index contributed by atoms with van der Waals surface area (Å²) in [4.78, 5) is 12.2. The number of carbonyl (C=O) groups is 1. The van der Waals surface area contributed by atoms with Gasteiger partial charge in [0.2, 0.25) is 0 Å². The minimum atomic E-state index is -0.370. The Hall–Kier alpha value is -2.46. The Morgan fingerprint density at radius 3 is 2.61 bits per heavy atom. The topological polar surface area (TPSA) is 50.4 Å². The van der Waals surface area contributed by atoms with E-state index in [-0.39, 0.29) is 12.1 Å². The summed E-state index contributed by atoms with van der Waals surface area (Å²) in [6.07, 6.45) is 1.54. The third-order valence-electron chi connectivity index (χ3n) is 3.56. The number of hydrogen-bond donors (Lipinski definition) is 2. The average molecular weight is 329 g/mol. The average Bonchev–Trinajstić information content (AvgIpc) is 2.75. The summed E-state index contributed by atoms with van der Waals surface area (Å²) in [5.74, 6) is -0.370. The Bertz CT molecular complexity index is 741. The molecule has 1 unspecified atom stereocenters. The van der Waals surface area contributed by atoms with Gasteiger partial charge in [0, 0.05) is 10.7 Å². The molecule has 0 saturated carbocycles. The Labute approximate surface area is 140 Å². The van der Waals surface area contributed by atoms with Crippen molar-refractivity contribution in [3.63, 3.8) is 0 Å². The van der Waals surface area contributed by atoms with Crippen LogP contribution in [0.3, 0.4) is 0 Å². The fourth-order valence-electron chi connectivity index (χ4n) is 2.45. The number of nitrogens with one attached hydrogen (secondary N) is 2. The van der Waals surface area contributed by atoms with E-state index >= 15 is 0 Å². The summed E-state index contributed by atoms with van der Waals surface area (Å²) in [5, 5.41) is 7.29. The molecule has 1 heterocycles. The molecule has 5 heteroatoms. The zero-order chi connectivity index (χ0) is 16.2. The van der Waals surface area contributed by atoms with Gasteiger partial charge >= 0.3 is 5.97 Å². The zero-order valence-corrected chi connectivity index (χ0v) is 13.4. The number of fused-ring (bicyclic) bond motifs is 1. The highest BCUT2D eigenvalue weighted by Crippen LogP contribution is 2.28. The maximum absolute atomic E-state index is 12.2. The Kier molecular flexibility index (Phi) is 4.53. The number of hydrogen-bond acceptors (Lipinski definition) is 4. The van der Waals surface area contributed by atoms with Crippen molar-refractivity contribution in [2.45, 2.75) is 13.1 Å². The predicted molar refractivity (Wildman–Crippen MR) is 92.0 cm³/mol. The van der Waals surface area contributed by atoms with E-state index in [0.717, 1.165) is 16.8 Å². The van der Waals surface area contributed by atoms with Crippen LogP contribution in [0, 0.1) is 0 Å². The van der Waals surface area contributed by atoms with Crippen LogP contribution in [0.4, 0.5) is 5.69 Å². The summed E-state index contributed by atoms with van der Waals surface area (Å²) in [6, 6.07) is 15.3. The lowest BCUT2D eigenvalue weighted by atomic mass is 10.1. The van der Waals surface area contributed by atoms with Gasteiger partial charge in [-0.25, -0.2) is 4.79 Å². The minimum absolute atomic E-state index is 0.258. The van der Waals surface area contributed by atoms with Gasteiger partial charge in [0.1, 0.15) is 11.9 Å². The largest absolute Gasteiger partial charge is 0.461 e. The first-order chi connectivity index (χ1) is 11.2. The molecule has 0 saturated heterocycles. The number of rotatable bonds is 3. The van der Waals surface area contributed by atoms with Gasteiger partial charge in [0.25, 0.3) is 0 Å². The number of anilines is 1. The van der Waals surface area contributed by atoms with Crippen LogP contribution in [-0.2, 0) is 9.53 Å². The van der Waals surface area contributed by atoms with Crippen LogP contribution >= 0.6 is 11.6 Å². The van der Waals surface area contributed by atoms with E-state index in [1.165, 1.54) is 0 Å². The normalized spacial score (nSPS) is 16.3. The molecule has 4 nitrogen and oxygen atoms in total. The van der Waals surface area contributed by atoms with Crippen LogP contribution < -0.4 is 10.6 Å². The zero-order valence-electron chi connectivity index (χ0n) is 12.7. The van der Waals surface area contributed by atoms with Crippen LogP contribution in [0.25, 0.3) is 6.08 Å². The van der Waals surface area contributed by atoms with Crippen molar-refractivity contribution >= 4 is 29.3 Å². The molecule has 2 aromatic rings. The molecule has 0 radical (unpaired) electrons. The Balaban J connectivity index is 1.99. The molecular weight excluding hydrogens is 312 g/mol. The smallest absolute Gasteiger partial charge is 0.354 e. The van der Waals surface area contributed by atoms with Gasteiger partial charge in [-0.1, -0.05) is 41.9 Å². The number of benzene rings is 2. The van der Waals surface area contributed by atoms with E-state index in [4.69, 9.17) is 16.3 Å². The second-order valence-corrected chi connectivity index (χ2v) is 5.58. The van der Waals surface area contributed by atoms with E-state index in [9.17, 15) is 4.79 Å². The minimum Gasteiger partial charge on any atom is -0.461 e. The monoisotopic (exact) mass is 328 g/mol. The van der Waals surface area contributed by atoms with E-state index < -0.39 is 0 Å². The van der Waals surface area contributed by atoms with E-state index in [0.29, 0.717) is 17.3 Å². The van der Waals surface area contributed by atoms with Crippen LogP contribution in [0.1, 0.15) is 24.2 Å². The number of halogens is 1. The molecule has 0 aliphatic carbocycles. The molecule has 23 heavy (non-hydrogen) atoms. The molecule has 0 fully saturated rings. The molecule has 1 atom stereocenters. The highest BCUT2D eigenvalue weighted by molar-refractivity contribution is 6.30. The first-order valence-corrected chi connectivity index (χ1v) is 7.81. The molecule has 1 aliphatic heterocycles. The van der Waals surface area contributed by atoms with Gasteiger partial charge in [-0.3, -0.25) is 0 Å². The molecule has 2 aromatic carbocycles.